The molecule has 0 unspecified atom stereocenters. The minimum atomic E-state index is -3.48. The lowest BCUT2D eigenvalue weighted by Crippen LogP contribution is -2.33. The number of nitrogens with one attached hydrogen (secondary N) is 1. The lowest BCUT2D eigenvalue weighted by Gasteiger charge is -2.24. The summed E-state index contributed by atoms with van der Waals surface area (Å²) in [7, 11) is -3.48. The van der Waals surface area contributed by atoms with E-state index in [1.807, 2.05) is 57.2 Å². The second kappa shape index (κ2) is 8.36. The standard InChI is InChI=1S/C20H26N2O3S/c1-5-17-11-6-7-12-18(17)22(26(4,24)25)14-13-19(23)21-20-15(2)9-8-10-16(20)3/h6-12H,5,13-14H2,1-4H3,(H,21,23). The van der Waals surface area contributed by atoms with Gasteiger partial charge in [0.15, 0.2) is 0 Å². The van der Waals surface area contributed by atoms with Crippen molar-refractivity contribution in [2.24, 2.45) is 0 Å². The molecule has 1 amide bonds. The number of sulfonamides is 1. The topological polar surface area (TPSA) is 66.5 Å². The van der Waals surface area contributed by atoms with E-state index >= 15 is 0 Å². The van der Waals surface area contributed by atoms with E-state index in [0.717, 1.165) is 28.8 Å². The summed E-state index contributed by atoms with van der Waals surface area (Å²) in [5.74, 6) is -0.204. The van der Waals surface area contributed by atoms with Crippen molar-refractivity contribution in [1.82, 2.24) is 0 Å². The van der Waals surface area contributed by atoms with Crippen molar-refractivity contribution in [3.8, 4) is 0 Å². The van der Waals surface area contributed by atoms with Crippen LogP contribution < -0.4 is 9.62 Å². The summed E-state index contributed by atoms with van der Waals surface area (Å²) in [5, 5.41) is 2.90. The average Bonchev–Trinajstić information content (AvgIpc) is 2.57. The van der Waals surface area contributed by atoms with Gasteiger partial charge < -0.3 is 5.32 Å². The van der Waals surface area contributed by atoms with Crippen LogP contribution >= 0.6 is 0 Å². The predicted octanol–water partition coefficient (Wildman–Crippen LogP) is 3.66. The van der Waals surface area contributed by atoms with Crippen LogP contribution in [0.4, 0.5) is 11.4 Å². The van der Waals surface area contributed by atoms with E-state index < -0.39 is 10.0 Å². The Morgan fingerprint density at radius 2 is 1.65 bits per heavy atom. The second-order valence-corrected chi connectivity index (χ2v) is 8.29. The molecule has 2 aromatic rings. The van der Waals surface area contributed by atoms with Gasteiger partial charge in [-0.2, -0.15) is 0 Å². The molecule has 0 aliphatic heterocycles. The van der Waals surface area contributed by atoms with Crippen LogP contribution in [-0.2, 0) is 21.2 Å². The van der Waals surface area contributed by atoms with Crippen LogP contribution in [0.5, 0.6) is 0 Å². The van der Waals surface area contributed by atoms with E-state index in [-0.39, 0.29) is 18.9 Å². The number of aryl methyl sites for hydroxylation is 3. The summed E-state index contributed by atoms with van der Waals surface area (Å²) in [6.45, 7) is 5.95. The quantitative estimate of drug-likeness (QED) is 0.804. The molecule has 140 valence electrons. The van der Waals surface area contributed by atoms with E-state index in [2.05, 4.69) is 5.32 Å². The number of amides is 1. The van der Waals surface area contributed by atoms with E-state index in [1.54, 1.807) is 6.07 Å². The molecular formula is C20H26N2O3S. The van der Waals surface area contributed by atoms with Crippen molar-refractivity contribution in [2.75, 3.05) is 22.4 Å². The maximum absolute atomic E-state index is 12.4. The molecule has 0 saturated carbocycles. The Morgan fingerprint density at radius 1 is 1.04 bits per heavy atom. The van der Waals surface area contributed by atoms with Gasteiger partial charge in [-0.3, -0.25) is 9.10 Å². The SMILES string of the molecule is CCc1ccccc1N(CCC(=O)Nc1c(C)cccc1C)S(C)(=O)=O. The molecule has 26 heavy (non-hydrogen) atoms. The van der Waals surface area contributed by atoms with Gasteiger partial charge in [0.25, 0.3) is 0 Å². The Labute approximate surface area is 156 Å². The first-order valence-corrected chi connectivity index (χ1v) is 10.5. The lowest BCUT2D eigenvalue weighted by atomic mass is 10.1. The normalized spacial score (nSPS) is 11.2. The minimum Gasteiger partial charge on any atom is -0.326 e. The molecule has 0 spiro atoms. The van der Waals surface area contributed by atoms with Crippen LogP contribution in [0.3, 0.4) is 0 Å². The zero-order valence-corrected chi connectivity index (χ0v) is 16.6. The van der Waals surface area contributed by atoms with Crippen molar-refractivity contribution < 1.29 is 13.2 Å². The Bertz CT molecular complexity index is 871. The van der Waals surface area contributed by atoms with E-state index in [4.69, 9.17) is 0 Å². The average molecular weight is 375 g/mol. The zero-order valence-electron chi connectivity index (χ0n) is 15.7. The molecule has 2 rings (SSSR count). The Morgan fingerprint density at radius 3 is 2.23 bits per heavy atom. The third-order valence-corrected chi connectivity index (χ3v) is 5.51. The zero-order chi connectivity index (χ0) is 19.3. The number of benzene rings is 2. The number of hydrogen-bond donors (Lipinski definition) is 1. The summed E-state index contributed by atoms with van der Waals surface area (Å²) < 4.78 is 25.9. The van der Waals surface area contributed by atoms with Crippen LogP contribution in [0, 0.1) is 13.8 Å². The first-order chi connectivity index (χ1) is 12.2. The molecular weight excluding hydrogens is 348 g/mol. The molecule has 2 aromatic carbocycles. The number of carbonyl (C=O) groups excluding carboxylic acids is 1. The summed E-state index contributed by atoms with van der Waals surface area (Å²) in [6.07, 6.45) is 1.97. The summed E-state index contributed by atoms with van der Waals surface area (Å²) in [4.78, 5) is 12.4. The van der Waals surface area contributed by atoms with Gasteiger partial charge >= 0.3 is 0 Å². The third-order valence-electron chi connectivity index (χ3n) is 4.33. The van der Waals surface area contributed by atoms with Gasteiger partial charge in [-0.15, -0.1) is 0 Å². The molecule has 0 aliphatic rings. The monoisotopic (exact) mass is 374 g/mol. The molecule has 0 radical (unpaired) electrons. The van der Waals surface area contributed by atoms with Gasteiger partial charge in [0.2, 0.25) is 15.9 Å². The van der Waals surface area contributed by atoms with Crippen LogP contribution in [-0.4, -0.2) is 27.1 Å². The first-order valence-electron chi connectivity index (χ1n) is 8.65. The van der Waals surface area contributed by atoms with E-state index in [9.17, 15) is 13.2 Å². The van der Waals surface area contributed by atoms with Crippen LogP contribution in [0.25, 0.3) is 0 Å². The molecule has 5 nitrogen and oxygen atoms in total. The highest BCUT2D eigenvalue weighted by atomic mass is 32.2. The number of para-hydroxylation sites is 2. The molecule has 0 heterocycles. The van der Waals surface area contributed by atoms with Gasteiger partial charge in [0, 0.05) is 18.7 Å². The van der Waals surface area contributed by atoms with E-state index in [0.29, 0.717) is 5.69 Å². The van der Waals surface area contributed by atoms with Crippen molar-refractivity contribution in [3.05, 3.63) is 59.2 Å². The molecule has 0 aromatic heterocycles. The highest BCUT2D eigenvalue weighted by Crippen LogP contribution is 2.24. The van der Waals surface area contributed by atoms with Gasteiger partial charge in [-0.05, 0) is 43.0 Å². The lowest BCUT2D eigenvalue weighted by molar-refractivity contribution is -0.116. The first kappa shape index (κ1) is 20.0. The molecule has 6 heteroatoms. The molecule has 0 aliphatic carbocycles. The van der Waals surface area contributed by atoms with E-state index in [1.165, 1.54) is 10.6 Å². The number of nitrogens with zero attached hydrogens (tertiary/aromatic N) is 1. The highest BCUT2D eigenvalue weighted by Gasteiger charge is 2.21. The third kappa shape index (κ3) is 4.85. The Kier molecular flexibility index (Phi) is 6.42. The van der Waals surface area contributed by atoms with Crippen LogP contribution in [0.1, 0.15) is 30.0 Å². The molecule has 0 atom stereocenters. The van der Waals surface area contributed by atoms with Gasteiger partial charge in [0.1, 0.15) is 0 Å². The molecule has 0 bridgehead atoms. The smallest absolute Gasteiger partial charge is 0.232 e. The number of anilines is 2. The largest absolute Gasteiger partial charge is 0.326 e. The van der Waals surface area contributed by atoms with Gasteiger partial charge in [-0.25, -0.2) is 8.42 Å². The van der Waals surface area contributed by atoms with Gasteiger partial charge in [0.05, 0.1) is 11.9 Å². The fraction of sp³-hybridized carbons (Fsp3) is 0.350. The van der Waals surface area contributed by atoms with Gasteiger partial charge in [-0.1, -0.05) is 43.3 Å². The Hall–Kier alpha value is -2.34. The highest BCUT2D eigenvalue weighted by molar-refractivity contribution is 7.92. The molecule has 1 N–H and O–H groups in total. The van der Waals surface area contributed by atoms with Crippen molar-refractivity contribution in [1.29, 1.82) is 0 Å². The van der Waals surface area contributed by atoms with Crippen molar-refractivity contribution in [2.45, 2.75) is 33.6 Å². The minimum absolute atomic E-state index is 0.0822. The predicted molar refractivity (Wildman–Crippen MR) is 107 cm³/mol. The Balaban J connectivity index is 2.17. The van der Waals surface area contributed by atoms with Crippen LogP contribution in [0.15, 0.2) is 42.5 Å². The fourth-order valence-electron chi connectivity index (χ4n) is 2.93. The maximum atomic E-state index is 12.4. The number of hydrogen-bond acceptors (Lipinski definition) is 3. The summed E-state index contributed by atoms with van der Waals surface area (Å²) in [5.41, 5.74) is 4.33. The fourth-order valence-corrected chi connectivity index (χ4v) is 3.89. The van der Waals surface area contributed by atoms with Crippen molar-refractivity contribution in [3.63, 3.8) is 0 Å². The summed E-state index contributed by atoms with van der Waals surface area (Å²) in [6, 6.07) is 13.2. The number of carbonyl (C=O) groups is 1. The second-order valence-electron chi connectivity index (χ2n) is 6.38. The summed E-state index contributed by atoms with van der Waals surface area (Å²) >= 11 is 0. The van der Waals surface area contributed by atoms with Crippen LogP contribution in [0.2, 0.25) is 0 Å². The van der Waals surface area contributed by atoms with Crippen molar-refractivity contribution >= 4 is 27.3 Å². The number of rotatable bonds is 7. The molecule has 0 saturated heterocycles. The maximum Gasteiger partial charge on any atom is 0.232 e. The molecule has 0 fully saturated rings.